The van der Waals surface area contributed by atoms with Gasteiger partial charge in [0.1, 0.15) is 12.5 Å². The third-order valence-electron chi connectivity index (χ3n) is 4.70. The SMILES string of the molecule is CC(C)(C)[Si](C)(C)OCC(O)C(C#CCOCc1ccccc1)C(F)(F)F. The van der Waals surface area contributed by atoms with E-state index in [1.165, 1.54) is 0 Å². The predicted octanol–water partition coefficient (Wildman–Crippen LogP) is 4.77. The summed E-state index contributed by atoms with van der Waals surface area (Å²) < 4.78 is 50.7. The second-order valence-corrected chi connectivity index (χ2v) is 12.8. The van der Waals surface area contributed by atoms with Gasteiger partial charge in [-0.15, -0.1) is 0 Å². The van der Waals surface area contributed by atoms with Crippen LogP contribution in [0.2, 0.25) is 18.1 Å². The van der Waals surface area contributed by atoms with Gasteiger partial charge in [0.15, 0.2) is 8.32 Å². The molecule has 1 N–H and O–H groups in total. The van der Waals surface area contributed by atoms with Gasteiger partial charge in [0.05, 0.1) is 19.3 Å². The summed E-state index contributed by atoms with van der Waals surface area (Å²) in [6.07, 6.45) is -6.37. The zero-order chi connectivity index (χ0) is 20.7. The van der Waals surface area contributed by atoms with Gasteiger partial charge in [0.2, 0.25) is 0 Å². The van der Waals surface area contributed by atoms with E-state index in [4.69, 9.17) is 9.16 Å². The maximum Gasteiger partial charge on any atom is 0.405 e. The highest BCUT2D eigenvalue weighted by molar-refractivity contribution is 6.74. The first-order valence-electron chi connectivity index (χ1n) is 8.83. The van der Waals surface area contributed by atoms with Crippen LogP contribution in [0.1, 0.15) is 26.3 Å². The molecule has 7 heteroatoms. The van der Waals surface area contributed by atoms with Crippen molar-refractivity contribution in [3.05, 3.63) is 35.9 Å². The lowest BCUT2D eigenvalue weighted by molar-refractivity contribution is -0.185. The van der Waals surface area contributed by atoms with Gasteiger partial charge in [-0.2, -0.15) is 13.2 Å². The molecule has 0 saturated heterocycles. The Hall–Kier alpha value is -1.33. The van der Waals surface area contributed by atoms with E-state index in [-0.39, 0.29) is 24.9 Å². The van der Waals surface area contributed by atoms with Crippen LogP contribution in [-0.2, 0) is 15.8 Å². The van der Waals surface area contributed by atoms with Crippen molar-refractivity contribution in [1.82, 2.24) is 0 Å². The zero-order valence-electron chi connectivity index (χ0n) is 16.6. The van der Waals surface area contributed by atoms with Crippen LogP contribution in [0.25, 0.3) is 0 Å². The molecule has 1 aromatic carbocycles. The van der Waals surface area contributed by atoms with Crippen LogP contribution in [0.3, 0.4) is 0 Å². The molecule has 1 rings (SSSR count). The molecule has 0 aromatic heterocycles. The van der Waals surface area contributed by atoms with E-state index in [1.807, 2.05) is 64.2 Å². The highest BCUT2D eigenvalue weighted by atomic mass is 28.4. The van der Waals surface area contributed by atoms with Crippen molar-refractivity contribution in [3.8, 4) is 11.8 Å². The van der Waals surface area contributed by atoms with Crippen LogP contribution in [0.4, 0.5) is 13.2 Å². The van der Waals surface area contributed by atoms with Crippen molar-refractivity contribution in [2.24, 2.45) is 5.92 Å². The molecule has 2 unspecified atom stereocenters. The van der Waals surface area contributed by atoms with Crippen LogP contribution in [0.15, 0.2) is 30.3 Å². The van der Waals surface area contributed by atoms with Crippen LogP contribution in [0, 0.1) is 17.8 Å². The first kappa shape index (κ1) is 23.7. The van der Waals surface area contributed by atoms with Crippen molar-refractivity contribution >= 4 is 8.32 Å². The molecule has 0 saturated carbocycles. The molecule has 1 aromatic rings. The Morgan fingerprint density at radius 2 is 1.70 bits per heavy atom. The van der Waals surface area contributed by atoms with Crippen molar-refractivity contribution in [1.29, 1.82) is 0 Å². The number of benzene rings is 1. The first-order valence-corrected chi connectivity index (χ1v) is 11.7. The Labute approximate surface area is 161 Å². The van der Waals surface area contributed by atoms with Gasteiger partial charge in [-0.25, -0.2) is 0 Å². The molecule has 0 amide bonds. The molecule has 0 aliphatic carbocycles. The molecule has 0 aliphatic heterocycles. The Morgan fingerprint density at radius 3 is 2.22 bits per heavy atom. The summed E-state index contributed by atoms with van der Waals surface area (Å²) in [6.45, 7) is 9.53. The van der Waals surface area contributed by atoms with E-state index in [0.29, 0.717) is 0 Å². The average Bonchev–Trinajstić information content (AvgIpc) is 2.54. The van der Waals surface area contributed by atoms with Crippen molar-refractivity contribution in [2.45, 2.75) is 57.8 Å². The minimum Gasteiger partial charge on any atom is -0.414 e. The van der Waals surface area contributed by atoms with Crippen LogP contribution in [0.5, 0.6) is 0 Å². The summed E-state index contributed by atoms with van der Waals surface area (Å²) in [7, 11) is -2.25. The van der Waals surface area contributed by atoms with Gasteiger partial charge in [-0.05, 0) is 23.7 Å². The molecule has 0 radical (unpaired) electrons. The van der Waals surface area contributed by atoms with Gasteiger partial charge in [0.25, 0.3) is 0 Å². The molecule has 0 fully saturated rings. The summed E-state index contributed by atoms with van der Waals surface area (Å²) in [5.41, 5.74) is 0.912. The first-order chi connectivity index (χ1) is 12.3. The molecule has 0 bridgehead atoms. The van der Waals surface area contributed by atoms with Crippen molar-refractivity contribution in [3.63, 3.8) is 0 Å². The fourth-order valence-corrected chi connectivity index (χ4v) is 2.97. The smallest absolute Gasteiger partial charge is 0.405 e. The molecular weight excluding hydrogens is 373 g/mol. The van der Waals surface area contributed by atoms with E-state index in [1.54, 1.807) is 0 Å². The number of aliphatic hydroxyl groups is 1. The quantitative estimate of drug-likeness (QED) is 0.406. The number of ether oxygens (including phenoxy) is 1. The molecule has 0 aliphatic rings. The molecular formula is C20H29F3O3Si. The number of hydrogen-bond donors (Lipinski definition) is 1. The fraction of sp³-hybridized carbons (Fsp3) is 0.600. The Bertz CT molecular complexity index is 628. The topological polar surface area (TPSA) is 38.7 Å². The van der Waals surface area contributed by atoms with Crippen molar-refractivity contribution < 1.29 is 27.4 Å². The van der Waals surface area contributed by atoms with Crippen LogP contribution >= 0.6 is 0 Å². The lowest BCUT2D eigenvalue weighted by Crippen LogP contribution is -2.45. The maximum absolute atomic E-state index is 13.3. The number of halogens is 3. The largest absolute Gasteiger partial charge is 0.414 e. The molecule has 0 spiro atoms. The number of rotatable bonds is 7. The highest BCUT2D eigenvalue weighted by Gasteiger charge is 2.45. The molecule has 0 heterocycles. The minimum absolute atomic E-state index is 0.142. The van der Waals surface area contributed by atoms with E-state index < -0.39 is 26.5 Å². The zero-order valence-corrected chi connectivity index (χ0v) is 17.6. The Kier molecular flexibility index (Phi) is 8.55. The van der Waals surface area contributed by atoms with Crippen LogP contribution in [-0.4, -0.2) is 38.9 Å². The van der Waals surface area contributed by atoms with E-state index >= 15 is 0 Å². The van der Waals surface area contributed by atoms with Gasteiger partial charge in [-0.1, -0.05) is 62.9 Å². The third-order valence-corrected chi connectivity index (χ3v) is 9.20. The van der Waals surface area contributed by atoms with Gasteiger partial charge in [0, 0.05) is 0 Å². The monoisotopic (exact) mass is 402 g/mol. The molecule has 152 valence electrons. The summed E-state index contributed by atoms with van der Waals surface area (Å²) in [4.78, 5) is 0. The Balaban J connectivity index is 2.63. The summed E-state index contributed by atoms with van der Waals surface area (Å²) in [6, 6.07) is 9.28. The standard InChI is InChI=1S/C20H29F3O3Si/c1-19(2,3)27(4,5)26-15-18(24)17(20(21,22)23)12-9-13-25-14-16-10-7-6-8-11-16/h6-8,10-11,17-18,24H,13-15H2,1-5H3. The highest BCUT2D eigenvalue weighted by Crippen LogP contribution is 2.37. The lowest BCUT2D eigenvalue weighted by Gasteiger charge is -2.37. The van der Waals surface area contributed by atoms with Gasteiger partial charge >= 0.3 is 6.18 Å². The van der Waals surface area contributed by atoms with Gasteiger partial charge in [-0.3, -0.25) is 0 Å². The Morgan fingerprint density at radius 1 is 1.11 bits per heavy atom. The van der Waals surface area contributed by atoms with E-state index in [2.05, 4.69) is 11.8 Å². The van der Waals surface area contributed by atoms with E-state index in [0.717, 1.165) is 5.56 Å². The van der Waals surface area contributed by atoms with E-state index in [9.17, 15) is 18.3 Å². The number of aliphatic hydroxyl groups excluding tert-OH is 1. The summed E-state index contributed by atoms with van der Waals surface area (Å²) in [5.74, 6) is 2.32. The summed E-state index contributed by atoms with van der Waals surface area (Å²) >= 11 is 0. The normalized spacial score (nSPS) is 15.0. The molecule has 3 nitrogen and oxygen atoms in total. The van der Waals surface area contributed by atoms with Crippen LogP contribution < -0.4 is 0 Å². The molecule has 2 atom stereocenters. The third kappa shape index (κ3) is 8.05. The number of hydrogen-bond acceptors (Lipinski definition) is 3. The molecule has 27 heavy (non-hydrogen) atoms. The number of alkyl halides is 3. The maximum atomic E-state index is 13.3. The average molecular weight is 403 g/mol. The van der Waals surface area contributed by atoms with Crippen molar-refractivity contribution in [2.75, 3.05) is 13.2 Å². The lowest BCUT2D eigenvalue weighted by atomic mass is 10.0. The summed E-state index contributed by atoms with van der Waals surface area (Å²) in [5, 5.41) is 9.89. The minimum atomic E-state index is -4.64. The fourth-order valence-electron chi connectivity index (χ4n) is 1.95. The van der Waals surface area contributed by atoms with Gasteiger partial charge < -0.3 is 14.3 Å². The second kappa shape index (κ2) is 9.74. The predicted molar refractivity (Wildman–Crippen MR) is 103 cm³/mol. The second-order valence-electron chi connectivity index (χ2n) is 7.96.